The highest BCUT2D eigenvalue weighted by atomic mass is 35.5. The van der Waals surface area contributed by atoms with Crippen LogP contribution in [0.5, 0.6) is 11.5 Å². The van der Waals surface area contributed by atoms with Gasteiger partial charge in [-0.15, -0.1) is 0 Å². The minimum absolute atomic E-state index is 0.198. The van der Waals surface area contributed by atoms with Crippen LogP contribution in [0.3, 0.4) is 0 Å². The highest BCUT2D eigenvalue weighted by Gasteiger charge is 2.20. The second-order valence-electron chi connectivity index (χ2n) is 4.70. The average Bonchev–Trinajstić information content (AvgIpc) is 2.48. The number of hydrogen-bond donors (Lipinski definition) is 1. The van der Waals surface area contributed by atoms with E-state index in [1.54, 1.807) is 13.0 Å². The van der Waals surface area contributed by atoms with Crippen molar-refractivity contribution in [2.24, 2.45) is 0 Å². The molecule has 2 aromatic carbocycles. The summed E-state index contributed by atoms with van der Waals surface area (Å²) in [6, 6.07) is 6.22. The van der Waals surface area contributed by atoms with Crippen molar-refractivity contribution in [1.29, 1.82) is 0 Å². The number of ether oxygens (including phenoxy) is 2. The van der Waals surface area contributed by atoms with Crippen molar-refractivity contribution in [2.75, 3.05) is 18.9 Å². The molecule has 0 fully saturated rings. The first-order valence-electron chi connectivity index (χ1n) is 6.49. The van der Waals surface area contributed by atoms with Gasteiger partial charge in [0, 0.05) is 6.07 Å². The van der Waals surface area contributed by atoms with Crippen molar-refractivity contribution in [3.63, 3.8) is 0 Å². The Bertz CT molecular complexity index is 840. The van der Waals surface area contributed by atoms with Gasteiger partial charge in [0.1, 0.15) is 10.7 Å². The van der Waals surface area contributed by atoms with E-state index < -0.39 is 15.8 Å². The highest BCUT2D eigenvalue weighted by Crippen LogP contribution is 2.34. The number of benzene rings is 2. The standard InChI is InChI=1S/C15H15ClFNO4S/c1-9-6-13(21-2)14(22-3)8-12(9)18-23(19,20)15-5-4-10(17)7-11(15)16/h4-8,18H,1-3H3. The van der Waals surface area contributed by atoms with E-state index in [4.69, 9.17) is 21.1 Å². The molecule has 2 aromatic rings. The van der Waals surface area contributed by atoms with Crippen LogP contribution in [-0.4, -0.2) is 22.6 Å². The average molecular weight is 360 g/mol. The van der Waals surface area contributed by atoms with Crippen LogP contribution in [0.15, 0.2) is 35.2 Å². The monoisotopic (exact) mass is 359 g/mol. The molecule has 0 aliphatic carbocycles. The van der Waals surface area contributed by atoms with E-state index in [2.05, 4.69) is 4.72 Å². The number of nitrogens with one attached hydrogen (secondary N) is 1. The van der Waals surface area contributed by atoms with Gasteiger partial charge in [-0.25, -0.2) is 12.8 Å². The summed E-state index contributed by atoms with van der Waals surface area (Å²) in [7, 11) is -1.04. The maximum absolute atomic E-state index is 13.1. The minimum atomic E-state index is -3.97. The Morgan fingerprint density at radius 2 is 1.70 bits per heavy atom. The largest absolute Gasteiger partial charge is 0.493 e. The molecule has 0 unspecified atom stereocenters. The fourth-order valence-electron chi connectivity index (χ4n) is 1.98. The first-order valence-corrected chi connectivity index (χ1v) is 8.35. The fraction of sp³-hybridized carbons (Fsp3) is 0.200. The summed E-state index contributed by atoms with van der Waals surface area (Å²) in [4.78, 5) is -0.213. The SMILES string of the molecule is COc1cc(C)c(NS(=O)(=O)c2ccc(F)cc2Cl)cc1OC. The first-order chi connectivity index (χ1) is 10.8. The number of rotatable bonds is 5. The van der Waals surface area contributed by atoms with E-state index in [0.717, 1.165) is 18.2 Å². The van der Waals surface area contributed by atoms with Gasteiger partial charge in [0.2, 0.25) is 0 Å². The van der Waals surface area contributed by atoms with Crippen molar-refractivity contribution < 1.29 is 22.3 Å². The molecule has 23 heavy (non-hydrogen) atoms. The van der Waals surface area contributed by atoms with Gasteiger partial charge in [0.15, 0.2) is 11.5 Å². The van der Waals surface area contributed by atoms with Crippen LogP contribution >= 0.6 is 11.6 Å². The van der Waals surface area contributed by atoms with Crippen molar-refractivity contribution in [3.05, 3.63) is 46.7 Å². The van der Waals surface area contributed by atoms with Gasteiger partial charge >= 0.3 is 0 Å². The fourth-order valence-corrected chi connectivity index (χ4v) is 3.64. The van der Waals surface area contributed by atoms with Gasteiger partial charge in [-0.2, -0.15) is 0 Å². The van der Waals surface area contributed by atoms with Crippen LogP contribution in [0.2, 0.25) is 5.02 Å². The molecular weight excluding hydrogens is 345 g/mol. The number of sulfonamides is 1. The van der Waals surface area contributed by atoms with Crippen molar-refractivity contribution in [3.8, 4) is 11.5 Å². The Morgan fingerprint density at radius 3 is 2.26 bits per heavy atom. The Kier molecular flexibility index (Phi) is 5.01. The van der Waals surface area contributed by atoms with Crippen LogP contribution in [0, 0.1) is 12.7 Å². The predicted octanol–water partition coefficient (Wildman–Crippen LogP) is 3.61. The van der Waals surface area contributed by atoms with Gasteiger partial charge in [-0.1, -0.05) is 11.6 Å². The first kappa shape index (κ1) is 17.4. The van der Waals surface area contributed by atoms with Crippen molar-refractivity contribution in [2.45, 2.75) is 11.8 Å². The normalized spacial score (nSPS) is 11.2. The van der Waals surface area contributed by atoms with E-state index in [1.165, 1.54) is 20.3 Å². The Labute approximate surface area is 139 Å². The second-order valence-corrected chi connectivity index (χ2v) is 6.76. The number of hydrogen-bond acceptors (Lipinski definition) is 4. The molecule has 0 aromatic heterocycles. The van der Waals surface area contributed by atoms with Gasteiger partial charge in [0.05, 0.1) is 24.9 Å². The third-order valence-corrected chi connectivity index (χ3v) is 5.01. The molecule has 0 atom stereocenters. The van der Waals surface area contributed by atoms with Crippen LogP contribution in [0.4, 0.5) is 10.1 Å². The Balaban J connectivity index is 2.45. The molecule has 0 bridgehead atoms. The van der Waals surface area contributed by atoms with Crippen LogP contribution in [0.1, 0.15) is 5.56 Å². The zero-order valence-electron chi connectivity index (χ0n) is 12.7. The van der Waals surface area contributed by atoms with Gasteiger partial charge < -0.3 is 9.47 Å². The third-order valence-electron chi connectivity index (χ3n) is 3.16. The molecule has 124 valence electrons. The number of aryl methyl sites for hydroxylation is 1. The smallest absolute Gasteiger partial charge is 0.263 e. The van der Waals surface area contributed by atoms with Gasteiger partial charge in [-0.3, -0.25) is 4.72 Å². The molecule has 0 saturated heterocycles. The number of methoxy groups -OCH3 is 2. The van der Waals surface area contributed by atoms with Gasteiger partial charge in [-0.05, 0) is 36.8 Å². The van der Waals surface area contributed by atoms with Crippen LogP contribution in [-0.2, 0) is 10.0 Å². The van der Waals surface area contributed by atoms with Crippen molar-refractivity contribution in [1.82, 2.24) is 0 Å². The maximum atomic E-state index is 13.1. The number of anilines is 1. The lowest BCUT2D eigenvalue weighted by atomic mass is 10.2. The van der Waals surface area contributed by atoms with E-state index in [9.17, 15) is 12.8 Å². The highest BCUT2D eigenvalue weighted by molar-refractivity contribution is 7.92. The lowest BCUT2D eigenvalue weighted by Crippen LogP contribution is -2.14. The van der Waals surface area contributed by atoms with Crippen LogP contribution < -0.4 is 14.2 Å². The maximum Gasteiger partial charge on any atom is 0.263 e. The molecule has 0 heterocycles. The van der Waals surface area contributed by atoms with E-state index in [-0.39, 0.29) is 9.92 Å². The summed E-state index contributed by atoms with van der Waals surface area (Å²) in [5.41, 5.74) is 0.938. The van der Waals surface area contributed by atoms with Crippen molar-refractivity contribution >= 4 is 27.3 Å². The molecule has 0 spiro atoms. The Morgan fingerprint density at radius 1 is 1.09 bits per heavy atom. The lowest BCUT2D eigenvalue weighted by Gasteiger charge is -2.15. The summed E-state index contributed by atoms with van der Waals surface area (Å²) in [5, 5.41) is -0.198. The molecule has 8 heteroatoms. The zero-order chi connectivity index (χ0) is 17.2. The van der Waals surface area contributed by atoms with Crippen LogP contribution in [0.25, 0.3) is 0 Å². The number of halogens is 2. The molecule has 5 nitrogen and oxygen atoms in total. The quantitative estimate of drug-likeness (QED) is 0.885. The molecule has 0 aliphatic heterocycles. The summed E-state index contributed by atoms with van der Waals surface area (Å²) < 4.78 is 50.7. The summed E-state index contributed by atoms with van der Waals surface area (Å²) >= 11 is 5.82. The molecule has 0 aliphatic rings. The molecule has 0 amide bonds. The molecular formula is C15H15ClFNO4S. The van der Waals surface area contributed by atoms with Gasteiger partial charge in [0.25, 0.3) is 10.0 Å². The molecule has 1 N–H and O–H groups in total. The Hall–Kier alpha value is -1.99. The van der Waals surface area contributed by atoms with E-state index in [1.807, 2.05) is 0 Å². The topological polar surface area (TPSA) is 64.6 Å². The summed E-state index contributed by atoms with van der Waals surface area (Å²) in [6.45, 7) is 1.71. The van der Waals surface area contributed by atoms with E-state index >= 15 is 0 Å². The molecule has 2 rings (SSSR count). The lowest BCUT2D eigenvalue weighted by molar-refractivity contribution is 0.355. The van der Waals surface area contributed by atoms with E-state index in [0.29, 0.717) is 22.7 Å². The third kappa shape index (κ3) is 3.68. The second kappa shape index (κ2) is 6.64. The molecule has 0 radical (unpaired) electrons. The minimum Gasteiger partial charge on any atom is -0.493 e. The molecule has 0 saturated carbocycles. The predicted molar refractivity (Wildman–Crippen MR) is 86.5 cm³/mol. The summed E-state index contributed by atoms with van der Waals surface area (Å²) in [6.07, 6.45) is 0. The summed E-state index contributed by atoms with van der Waals surface area (Å²) in [5.74, 6) is 0.241. The zero-order valence-corrected chi connectivity index (χ0v) is 14.3.